The molecule has 27 heavy (non-hydrogen) atoms. The van der Waals surface area contributed by atoms with Gasteiger partial charge in [-0.1, -0.05) is 37.0 Å². The Kier molecular flexibility index (Phi) is 6.98. The van der Waals surface area contributed by atoms with Crippen molar-refractivity contribution in [3.63, 3.8) is 0 Å². The van der Waals surface area contributed by atoms with Gasteiger partial charge in [-0.25, -0.2) is 24.0 Å². The van der Waals surface area contributed by atoms with Crippen LogP contribution in [0.15, 0.2) is 36.4 Å². The monoisotopic (exact) mass is 415 g/mol. The molecule has 0 radical (unpaired) electrons. The van der Waals surface area contributed by atoms with Crippen LogP contribution in [-0.4, -0.2) is 23.5 Å². The molecule has 9 heteroatoms. The van der Waals surface area contributed by atoms with E-state index in [1.54, 1.807) is 0 Å². The SMILES string of the molecule is CC(C)CN(NC(=O)Nc1cc(F)ccc1F)C(=O)c1cc(Cl)cc(Cl)c1. The molecule has 0 aromatic heterocycles. The van der Waals surface area contributed by atoms with E-state index in [0.29, 0.717) is 0 Å². The zero-order valence-electron chi connectivity index (χ0n) is 14.5. The summed E-state index contributed by atoms with van der Waals surface area (Å²) in [6.07, 6.45) is 0. The van der Waals surface area contributed by atoms with Crippen molar-refractivity contribution < 1.29 is 18.4 Å². The van der Waals surface area contributed by atoms with Crippen LogP contribution in [0.2, 0.25) is 10.0 Å². The Morgan fingerprint density at radius 3 is 2.30 bits per heavy atom. The number of halogens is 4. The van der Waals surface area contributed by atoms with Gasteiger partial charge in [0, 0.05) is 28.2 Å². The van der Waals surface area contributed by atoms with Gasteiger partial charge in [-0.15, -0.1) is 0 Å². The zero-order chi connectivity index (χ0) is 20.1. The van der Waals surface area contributed by atoms with E-state index >= 15 is 0 Å². The molecule has 2 N–H and O–H groups in total. The molecule has 0 aliphatic heterocycles. The predicted octanol–water partition coefficient (Wildman–Crippen LogP) is 5.11. The zero-order valence-corrected chi connectivity index (χ0v) is 16.0. The highest BCUT2D eigenvalue weighted by molar-refractivity contribution is 6.35. The second kappa shape index (κ2) is 9.01. The summed E-state index contributed by atoms with van der Waals surface area (Å²) in [5.41, 5.74) is 2.16. The van der Waals surface area contributed by atoms with Crippen LogP contribution in [0, 0.1) is 17.6 Å². The van der Waals surface area contributed by atoms with Crippen molar-refractivity contribution >= 4 is 40.8 Å². The first-order valence-electron chi connectivity index (χ1n) is 7.96. The van der Waals surface area contributed by atoms with Crippen molar-refractivity contribution in [3.05, 3.63) is 63.6 Å². The van der Waals surface area contributed by atoms with Crippen LogP contribution in [0.4, 0.5) is 19.3 Å². The lowest BCUT2D eigenvalue weighted by atomic mass is 10.1. The molecule has 0 unspecified atom stereocenters. The molecule has 0 bridgehead atoms. The van der Waals surface area contributed by atoms with Gasteiger partial charge in [0.2, 0.25) is 0 Å². The molecular weight excluding hydrogens is 399 g/mol. The number of anilines is 1. The molecule has 2 rings (SSSR count). The minimum Gasteiger partial charge on any atom is -0.304 e. The lowest BCUT2D eigenvalue weighted by Crippen LogP contribution is -2.49. The Hall–Kier alpha value is -2.38. The van der Waals surface area contributed by atoms with Gasteiger partial charge in [0.1, 0.15) is 11.6 Å². The Morgan fingerprint density at radius 2 is 1.70 bits per heavy atom. The molecule has 0 atom stereocenters. The van der Waals surface area contributed by atoms with E-state index in [4.69, 9.17) is 23.2 Å². The lowest BCUT2D eigenvalue weighted by Gasteiger charge is -2.25. The van der Waals surface area contributed by atoms with Gasteiger partial charge in [0.25, 0.3) is 5.91 Å². The summed E-state index contributed by atoms with van der Waals surface area (Å²) < 4.78 is 26.9. The molecule has 0 saturated heterocycles. The van der Waals surface area contributed by atoms with Crippen molar-refractivity contribution in [2.45, 2.75) is 13.8 Å². The van der Waals surface area contributed by atoms with Crippen LogP contribution in [0.5, 0.6) is 0 Å². The second-order valence-corrected chi connectivity index (χ2v) is 7.03. The van der Waals surface area contributed by atoms with Crippen LogP contribution < -0.4 is 10.7 Å². The number of nitrogens with one attached hydrogen (secondary N) is 2. The minimum absolute atomic E-state index is 0.00909. The van der Waals surface area contributed by atoms with Crippen LogP contribution in [0.25, 0.3) is 0 Å². The Morgan fingerprint density at radius 1 is 1.07 bits per heavy atom. The molecule has 0 fully saturated rings. The van der Waals surface area contributed by atoms with Crippen molar-refractivity contribution in [2.24, 2.45) is 5.92 Å². The highest BCUT2D eigenvalue weighted by Gasteiger charge is 2.21. The van der Waals surface area contributed by atoms with Gasteiger partial charge >= 0.3 is 6.03 Å². The molecule has 0 heterocycles. The van der Waals surface area contributed by atoms with Gasteiger partial charge in [-0.05, 0) is 36.2 Å². The number of benzene rings is 2. The van der Waals surface area contributed by atoms with Crippen LogP contribution >= 0.6 is 23.2 Å². The molecule has 3 amide bonds. The summed E-state index contributed by atoms with van der Waals surface area (Å²) >= 11 is 11.8. The maximum absolute atomic E-state index is 13.7. The number of carbonyl (C=O) groups is 2. The first kappa shape index (κ1) is 20.9. The summed E-state index contributed by atoms with van der Waals surface area (Å²) in [5.74, 6) is -2.07. The Labute approximate surface area is 165 Å². The largest absolute Gasteiger partial charge is 0.338 e. The smallest absolute Gasteiger partial charge is 0.304 e. The van der Waals surface area contributed by atoms with Gasteiger partial charge in [0.15, 0.2) is 0 Å². The minimum atomic E-state index is -0.901. The average Bonchev–Trinajstić information content (AvgIpc) is 2.55. The molecule has 0 spiro atoms. The van der Waals surface area contributed by atoms with Crippen LogP contribution in [0.1, 0.15) is 24.2 Å². The summed E-state index contributed by atoms with van der Waals surface area (Å²) in [4.78, 5) is 24.9. The fourth-order valence-electron chi connectivity index (χ4n) is 2.24. The number of urea groups is 1. The van der Waals surface area contributed by atoms with Crippen molar-refractivity contribution in [2.75, 3.05) is 11.9 Å². The number of hydrazine groups is 1. The standard InChI is InChI=1S/C18H17Cl2F2N3O2/c1-10(2)9-25(17(26)11-5-12(19)7-13(20)6-11)24-18(27)23-16-8-14(21)3-4-15(16)22/h3-8,10H,9H2,1-2H3,(H2,23,24,27). The average molecular weight is 416 g/mol. The summed E-state index contributed by atoms with van der Waals surface area (Å²) in [5, 5.41) is 3.76. The fraction of sp³-hybridized carbons (Fsp3) is 0.222. The summed E-state index contributed by atoms with van der Waals surface area (Å²) in [6, 6.07) is 6.04. The van der Waals surface area contributed by atoms with E-state index in [2.05, 4.69) is 10.7 Å². The van der Waals surface area contributed by atoms with E-state index in [0.717, 1.165) is 23.2 Å². The van der Waals surface area contributed by atoms with Gasteiger partial charge < -0.3 is 5.32 Å². The van der Waals surface area contributed by atoms with E-state index < -0.39 is 23.6 Å². The summed E-state index contributed by atoms with van der Waals surface area (Å²) in [7, 11) is 0. The Bertz CT molecular complexity index is 842. The number of hydrogen-bond acceptors (Lipinski definition) is 2. The number of nitrogens with zero attached hydrogens (tertiary/aromatic N) is 1. The maximum Gasteiger partial charge on any atom is 0.338 e. The lowest BCUT2D eigenvalue weighted by molar-refractivity contribution is 0.0663. The van der Waals surface area contributed by atoms with Gasteiger partial charge in [-0.3, -0.25) is 4.79 Å². The van der Waals surface area contributed by atoms with Crippen LogP contribution in [-0.2, 0) is 0 Å². The van der Waals surface area contributed by atoms with E-state index in [1.165, 1.54) is 18.2 Å². The highest BCUT2D eigenvalue weighted by Crippen LogP contribution is 2.20. The second-order valence-electron chi connectivity index (χ2n) is 6.16. The van der Waals surface area contributed by atoms with E-state index in [-0.39, 0.29) is 33.8 Å². The number of amides is 3. The first-order chi connectivity index (χ1) is 12.7. The normalized spacial score (nSPS) is 10.6. The first-order valence-corrected chi connectivity index (χ1v) is 8.72. The topological polar surface area (TPSA) is 61.4 Å². The van der Waals surface area contributed by atoms with Gasteiger partial charge in [0.05, 0.1) is 5.69 Å². The van der Waals surface area contributed by atoms with Gasteiger partial charge in [-0.2, -0.15) is 0 Å². The maximum atomic E-state index is 13.7. The quantitative estimate of drug-likeness (QED) is 0.681. The third-order valence-corrected chi connectivity index (χ3v) is 3.75. The highest BCUT2D eigenvalue weighted by atomic mass is 35.5. The fourth-order valence-corrected chi connectivity index (χ4v) is 2.77. The molecule has 0 aliphatic carbocycles. The van der Waals surface area contributed by atoms with E-state index in [1.807, 2.05) is 13.8 Å². The van der Waals surface area contributed by atoms with Crippen molar-refractivity contribution in [1.82, 2.24) is 10.4 Å². The number of carbonyl (C=O) groups excluding carboxylic acids is 2. The molecule has 5 nitrogen and oxygen atoms in total. The summed E-state index contributed by atoms with van der Waals surface area (Å²) in [6.45, 7) is 3.86. The molecule has 2 aromatic rings. The predicted molar refractivity (Wildman–Crippen MR) is 101 cm³/mol. The molecule has 0 aliphatic rings. The molecular formula is C18H17Cl2F2N3O2. The molecule has 2 aromatic carbocycles. The third-order valence-electron chi connectivity index (χ3n) is 3.32. The third kappa shape index (κ3) is 6.08. The van der Waals surface area contributed by atoms with Crippen LogP contribution in [0.3, 0.4) is 0 Å². The number of hydrogen-bond donors (Lipinski definition) is 2. The number of rotatable bonds is 4. The molecule has 0 saturated carbocycles. The van der Waals surface area contributed by atoms with E-state index in [9.17, 15) is 18.4 Å². The van der Waals surface area contributed by atoms with Crippen molar-refractivity contribution in [1.29, 1.82) is 0 Å². The molecule has 144 valence electrons. The Balaban J connectivity index is 2.19. The van der Waals surface area contributed by atoms with Crippen molar-refractivity contribution in [3.8, 4) is 0 Å².